The van der Waals surface area contributed by atoms with Gasteiger partial charge in [0.15, 0.2) is 11.5 Å². The number of carboxylic acids is 1. The first kappa shape index (κ1) is 11.8. The van der Waals surface area contributed by atoms with Crippen LogP contribution >= 0.6 is 0 Å². The maximum atomic E-state index is 10.8. The van der Waals surface area contributed by atoms with E-state index in [2.05, 4.69) is 0 Å². The van der Waals surface area contributed by atoms with Crippen LogP contribution in [-0.2, 0) is 11.2 Å². The average Bonchev–Trinajstić information content (AvgIpc) is 2.33. The number of hydrogen-bond donors (Lipinski definition) is 1. The summed E-state index contributed by atoms with van der Waals surface area (Å²) in [5.74, 6) is 0.336. The zero-order valence-electron chi connectivity index (χ0n) is 10.0. The molecule has 1 atom stereocenters. The number of rotatable bonds is 3. The monoisotopic (exact) mass is 236 g/mol. The lowest BCUT2D eigenvalue weighted by Gasteiger charge is -2.22. The first-order valence-electron chi connectivity index (χ1n) is 5.70. The fraction of sp³-hybridized carbons (Fsp3) is 0.462. The molecule has 0 fully saturated rings. The topological polar surface area (TPSA) is 55.8 Å². The van der Waals surface area contributed by atoms with E-state index in [0.717, 1.165) is 22.6 Å². The Morgan fingerprint density at radius 3 is 2.82 bits per heavy atom. The summed E-state index contributed by atoms with van der Waals surface area (Å²) in [4.78, 5) is 10.8. The van der Waals surface area contributed by atoms with Gasteiger partial charge in [-0.05, 0) is 30.5 Å². The van der Waals surface area contributed by atoms with E-state index < -0.39 is 11.9 Å². The minimum Gasteiger partial charge on any atom is -0.486 e. The van der Waals surface area contributed by atoms with Crippen LogP contribution in [0, 0.1) is 12.8 Å². The van der Waals surface area contributed by atoms with Gasteiger partial charge in [-0.1, -0.05) is 13.0 Å². The van der Waals surface area contributed by atoms with Crippen LogP contribution in [0.25, 0.3) is 0 Å². The molecule has 0 aliphatic carbocycles. The van der Waals surface area contributed by atoms with Crippen LogP contribution in [0.2, 0.25) is 0 Å². The molecular weight excluding hydrogens is 220 g/mol. The van der Waals surface area contributed by atoms with Crippen molar-refractivity contribution >= 4 is 5.97 Å². The Morgan fingerprint density at radius 2 is 2.12 bits per heavy atom. The van der Waals surface area contributed by atoms with Crippen molar-refractivity contribution in [2.75, 3.05) is 13.2 Å². The van der Waals surface area contributed by atoms with Crippen molar-refractivity contribution in [2.24, 2.45) is 5.92 Å². The van der Waals surface area contributed by atoms with Gasteiger partial charge < -0.3 is 14.6 Å². The number of carbonyl (C=O) groups is 1. The second-order valence-corrected chi connectivity index (χ2v) is 4.32. The zero-order chi connectivity index (χ0) is 12.4. The number of carboxylic acid groups (broad SMARTS) is 1. The van der Waals surface area contributed by atoms with Crippen molar-refractivity contribution in [2.45, 2.75) is 20.3 Å². The lowest BCUT2D eigenvalue weighted by molar-refractivity contribution is -0.141. The summed E-state index contributed by atoms with van der Waals surface area (Å²) in [5.41, 5.74) is 1.99. The van der Waals surface area contributed by atoms with Crippen molar-refractivity contribution in [3.63, 3.8) is 0 Å². The zero-order valence-corrected chi connectivity index (χ0v) is 10.0. The molecule has 1 aliphatic heterocycles. The predicted molar refractivity (Wildman–Crippen MR) is 62.7 cm³/mol. The average molecular weight is 236 g/mol. The second-order valence-electron chi connectivity index (χ2n) is 4.32. The molecule has 2 rings (SSSR count). The molecule has 4 heteroatoms. The van der Waals surface area contributed by atoms with E-state index in [9.17, 15) is 4.79 Å². The molecule has 92 valence electrons. The summed E-state index contributed by atoms with van der Waals surface area (Å²) in [5, 5.41) is 8.92. The summed E-state index contributed by atoms with van der Waals surface area (Å²) in [7, 11) is 0. The highest BCUT2D eigenvalue weighted by atomic mass is 16.6. The highest BCUT2D eigenvalue weighted by molar-refractivity contribution is 5.70. The fourth-order valence-corrected chi connectivity index (χ4v) is 1.93. The number of ether oxygens (including phenoxy) is 2. The Balaban J connectivity index is 2.27. The van der Waals surface area contributed by atoms with Gasteiger partial charge >= 0.3 is 5.97 Å². The molecule has 0 aromatic heterocycles. The molecule has 4 nitrogen and oxygen atoms in total. The van der Waals surface area contributed by atoms with E-state index in [1.807, 2.05) is 19.1 Å². The van der Waals surface area contributed by atoms with Crippen molar-refractivity contribution < 1.29 is 19.4 Å². The predicted octanol–water partition coefficient (Wildman–Crippen LogP) is 2.03. The van der Waals surface area contributed by atoms with Crippen molar-refractivity contribution in [3.05, 3.63) is 23.3 Å². The smallest absolute Gasteiger partial charge is 0.306 e. The van der Waals surface area contributed by atoms with Crippen molar-refractivity contribution in [1.82, 2.24) is 0 Å². The molecule has 1 heterocycles. The largest absolute Gasteiger partial charge is 0.486 e. The Labute approximate surface area is 100 Å². The van der Waals surface area contributed by atoms with Gasteiger partial charge in [0.25, 0.3) is 0 Å². The maximum Gasteiger partial charge on any atom is 0.306 e. The standard InChI is InChI=1S/C13H16O4/c1-8(13(14)15)7-10-3-4-11-12(9(10)2)17-6-5-16-11/h3-4,8H,5-7H2,1-2H3,(H,14,15). The summed E-state index contributed by atoms with van der Waals surface area (Å²) < 4.78 is 11.0. The number of benzene rings is 1. The minimum atomic E-state index is -0.778. The maximum absolute atomic E-state index is 10.8. The van der Waals surface area contributed by atoms with E-state index >= 15 is 0 Å². The summed E-state index contributed by atoms with van der Waals surface area (Å²) in [6.07, 6.45) is 0.512. The van der Waals surface area contributed by atoms with Crippen LogP contribution in [0.5, 0.6) is 11.5 Å². The van der Waals surface area contributed by atoms with E-state index in [1.54, 1.807) is 6.92 Å². The van der Waals surface area contributed by atoms with E-state index in [4.69, 9.17) is 14.6 Å². The van der Waals surface area contributed by atoms with Gasteiger partial charge in [-0.15, -0.1) is 0 Å². The normalized spacial score (nSPS) is 15.4. The molecule has 0 saturated heterocycles. The van der Waals surface area contributed by atoms with Crippen molar-refractivity contribution in [3.8, 4) is 11.5 Å². The van der Waals surface area contributed by atoms with Gasteiger partial charge in [-0.2, -0.15) is 0 Å². The summed E-state index contributed by atoms with van der Waals surface area (Å²) >= 11 is 0. The third kappa shape index (κ3) is 2.35. The van der Waals surface area contributed by atoms with E-state index in [1.165, 1.54) is 0 Å². The van der Waals surface area contributed by atoms with Crippen molar-refractivity contribution in [1.29, 1.82) is 0 Å². The second kappa shape index (κ2) is 4.65. The number of hydrogen-bond acceptors (Lipinski definition) is 3. The Kier molecular flexibility index (Phi) is 3.22. The van der Waals surface area contributed by atoms with Crippen LogP contribution < -0.4 is 9.47 Å². The minimum absolute atomic E-state index is 0.392. The van der Waals surface area contributed by atoms with E-state index in [-0.39, 0.29) is 0 Å². The highest BCUT2D eigenvalue weighted by Crippen LogP contribution is 2.36. The third-order valence-electron chi connectivity index (χ3n) is 3.02. The molecule has 1 unspecified atom stereocenters. The molecule has 0 bridgehead atoms. The third-order valence-corrected chi connectivity index (χ3v) is 3.02. The number of aliphatic carboxylic acids is 1. The van der Waals surface area contributed by atoms with Gasteiger partial charge in [0.05, 0.1) is 5.92 Å². The molecular formula is C13H16O4. The molecule has 0 saturated carbocycles. The van der Waals surface area contributed by atoms with Gasteiger partial charge in [0, 0.05) is 0 Å². The first-order chi connectivity index (χ1) is 8.09. The molecule has 1 aromatic rings. The molecule has 0 spiro atoms. The summed E-state index contributed by atoms with van der Waals surface area (Å²) in [6.45, 7) is 4.76. The molecule has 17 heavy (non-hydrogen) atoms. The van der Waals surface area contributed by atoms with Crippen LogP contribution in [0.4, 0.5) is 0 Å². The first-order valence-corrected chi connectivity index (χ1v) is 5.70. The SMILES string of the molecule is Cc1c(CC(C)C(=O)O)ccc2c1OCCO2. The van der Waals surface area contributed by atoms with Gasteiger partial charge in [0.2, 0.25) is 0 Å². The van der Waals surface area contributed by atoms with Crippen LogP contribution in [0.1, 0.15) is 18.1 Å². The van der Waals surface area contributed by atoms with Gasteiger partial charge in [-0.25, -0.2) is 0 Å². The lowest BCUT2D eigenvalue weighted by Crippen LogP contribution is -2.18. The quantitative estimate of drug-likeness (QED) is 0.872. The molecule has 0 radical (unpaired) electrons. The van der Waals surface area contributed by atoms with Gasteiger partial charge in [0.1, 0.15) is 13.2 Å². The highest BCUT2D eigenvalue weighted by Gasteiger charge is 2.19. The molecule has 1 aromatic carbocycles. The molecule has 0 amide bonds. The van der Waals surface area contributed by atoms with Crippen LogP contribution in [-0.4, -0.2) is 24.3 Å². The fourth-order valence-electron chi connectivity index (χ4n) is 1.93. The van der Waals surface area contributed by atoms with Gasteiger partial charge in [-0.3, -0.25) is 4.79 Å². The Hall–Kier alpha value is -1.71. The van der Waals surface area contributed by atoms with E-state index in [0.29, 0.717) is 19.6 Å². The number of fused-ring (bicyclic) bond motifs is 1. The Morgan fingerprint density at radius 1 is 1.41 bits per heavy atom. The summed E-state index contributed by atoms with van der Waals surface area (Å²) in [6, 6.07) is 3.77. The molecule has 1 N–H and O–H groups in total. The van der Waals surface area contributed by atoms with Crippen LogP contribution in [0.15, 0.2) is 12.1 Å². The van der Waals surface area contributed by atoms with Crippen LogP contribution in [0.3, 0.4) is 0 Å². The molecule has 1 aliphatic rings. The lowest BCUT2D eigenvalue weighted by atomic mass is 9.96. The Bertz CT molecular complexity index is 439.